The monoisotopic (exact) mass is 458 g/mol. The highest BCUT2D eigenvalue weighted by atomic mass is 32.1. The molecule has 166 valence electrons. The molecule has 0 aliphatic heterocycles. The molecule has 2 aromatic carbocycles. The van der Waals surface area contributed by atoms with Crippen LogP contribution >= 0.6 is 11.3 Å². The van der Waals surface area contributed by atoms with Gasteiger partial charge in [-0.1, -0.05) is 30.3 Å². The number of halogens is 3. The lowest BCUT2D eigenvalue weighted by molar-refractivity contribution is -0.137. The Labute approximate surface area is 187 Å². The third-order valence-electron chi connectivity index (χ3n) is 5.21. The van der Waals surface area contributed by atoms with Gasteiger partial charge in [-0.05, 0) is 43.0 Å². The van der Waals surface area contributed by atoms with Crippen LogP contribution in [-0.2, 0) is 24.4 Å². The van der Waals surface area contributed by atoms with E-state index in [0.717, 1.165) is 26.6 Å². The first-order valence-electron chi connectivity index (χ1n) is 10.1. The van der Waals surface area contributed by atoms with Crippen molar-refractivity contribution in [3.05, 3.63) is 75.9 Å². The van der Waals surface area contributed by atoms with Crippen LogP contribution in [0.5, 0.6) is 0 Å². The third kappa shape index (κ3) is 4.14. The summed E-state index contributed by atoms with van der Waals surface area (Å²) in [5.41, 5.74) is 1.80. The molecule has 2 heterocycles. The second kappa shape index (κ2) is 8.43. The normalized spacial score (nSPS) is 11.8. The SMILES string of the molecule is CCOC(=O)c1c(C)nc(-c2cccc3cc(Cc4cccc(C(F)(F)F)c4)sc23)n1C. The van der Waals surface area contributed by atoms with Crippen LogP contribution in [0.4, 0.5) is 13.2 Å². The number of aryl methyl sites for hydroxylation is 1. The summed E-state index contributed by atoms with van der Waals surface area (Å²) in [6.45, 7) is 3.80. The maximum Gasteiger partial charge on any atom is 0.416 e. The van der Waals surface area contributed by atoms with Crippen LogP contribution in [0, 0.1) is 6.92 Å². The zero-order valence-corrected chi connectivity index (χ0v) is 18.6. The van der Waals surface area contributed by atoms with E-state index < -0.39 is 17.7 Å². The second-order valence-electron chi connectivity index (χ2n) is 7.46. The average molecular weight is 459 g/mol. The van der Waals surface area contributed by atoms with Crippen molar-refractivity contribution in [1.29, 1.82) is 0 Å². The molecule has 0 radical (unpaired) electrons. The zero-order valence-electron chi connectivity index (χ0n) is 17.8. The fourth-order valence-electron chi connectivity index (χ4n) is 3.80. The Kier molecular flexibility index (Phi) is 5.81. The molecule has 4 nitrogen and oxygen atoms in total. The van der Waals surface area contributed by atoms with Gasteiger partial charge in [0.25, 0.3) is 0 Å². The van der Waals surface area contributed by atoms with E-state index in [0.29, 0.717) is 29.2 Å². The van der Waals surface area contributed by atoms with Gasteiger partial charge in [0.05, 0.1) is 17.9 Å². The molecule has 0 N–H and O–H groups in total. The van der Waals surface area contributed by atoms with Gasteiger partial charge < -0.3 is 9.30 Å². The summed E-state index contributed by atoms with van der Waals surface area (Å²) in [5.74, 6) is 0.221. The number of thiophene rings is 1. The van der Waals surface area contributed by atoms with Gasteiger partial charge in [-0.2, -0.15) is 13.2 Å². The summed E-state index contributed by atoms with van der Waals surface area (Å²) in [4.78, 5) is 17.9. The van der Waals surface area contributed by atoms with E-state index in [1.807, 2.05) is 24.3 Å². The number of esters is 1. The first kappa shape index (κ1) is 22.1. The molecule has 32 heavy (non-hydrogen) atoms. The van der Waals surface area contributed by atoms with Crippen LogP contribution in [0.15, 0.2) is 48.5 Å². The molecule has 0 atom stereocenters. The molecule has 0 saturated heterocycles. The Morgan fingerprint density at radius 1 is 1.16 bits per heavy atom. The van der Waals surface area contributed by atoms with Gasteiger partial charge in [0.2, 0.25) is 0 Å². The Hall–Kier alpha value is -3.13. The third-order valence-corrected chi connectivity index (χ3v) is 6.39. The number of rotatable bonds is 5. The van der Waals surface area contributed by atoms with Crippen molar-refractivity contribution in [2.24, 2.45) is 7.05 Å². The average Bonchev–Trinajstić information content (AvgIpc) is 3.27. The lowest BCUT2D eigenvalue weighted by Crippen LogP contribution is -2.11. The van der Waals surface area contributed by atoms with Gasteiger partial charge in [0, 0.05) is 28.6 Å². The Bertz CT molecular complexity index is 1300. The van der Waals surface area contributed by atoms with Gasteiger partial charge >= 0.3 is 12.1 Å². The van der Waals surface area contributed by atoms with Crippen LogP contribution in [-0.4, -0.2) is 22.1 Å². The molecule has 0 bridgehead atoms. The highest BCUT2D eigenvalue weighted by Crippen LogP contribution is 2.36. The van der Waals surface area contributed by atoms with Gasteiger partial charge in [-0.3, -0.25) is 0 Å². The zero-order chi connectivity index (χ0) is 23.0. The fourth-order valence-corrected chi connectivity index (χ4v) is 5.00. The summed E-state index contributed by atoms with van der Waals surface area (Å²) in [6.07, 6.45) is -3.97. The summed E-state index contributed by atoms with van der Waals surface area (Å²) in [6, 6.07) is 13.2. The van der Waals surface area contributed by atoms with Crippen LogP contribution < -0.4 is 0 Å². The Balaban J connectivity index is 1.73. The standard InChI is InChI=1S/C24H21F3N2O2S/c1-4-31-23(30)20-14(2)28-22(29(20)3)19-10-6-8-16-13-18(32-21(16)19)12-15-7-5-9-17(11-15)24(25,26)27/h5-11,13H,4,12H2,1-3H3. The molecule has 0 unspecified atom stereocenters. The number of benzene rings is 2. The molecule has 4 aromatic rings. The number of hydrogen-bond acceptors (Lipinski definition) is 4. The van der Waals surface area contributed by atoms with E-state index >= 15 is 0 Å². The summed E-state index contributed by atoms with van der Waals surface area (Å²) in [5, 5.41) is 0.979. The molecular weight excluding hydrogens is 437 g/mol. The second-order valence-corrected chi connectivity index (χ2v) is 8.60. The molecule has 0 saturated carbocycles. The fraction of sp³-hybridized carbons (Fsp3) is 0.250. The quantitative estimate of drug-likeness (QED) is 0.325. The molecular formula is C24H21F3N2O2S. The maximum absolute atomic E-state index is 13.1. The van der Waals surface area contributed by atoms with E-state index in [-0.39, 0.29) is 6.61 Å². The lowest BCUT2D eigenvalue weighted by Gasteiger charge is -2.08. The van der Waals surface area contributed by atoms with Crippen molar-refractivity contribution in [2.45, 2.75) is 26.4 Å². The highest BCUT2D eigenvalue weighted by Gasteiger charge is 2.30. The van der Waals surface area contributed by atoms with E-state index in [1.165, 1.54) is 23.5 Å². The number of ether oxygens (including phenoxy) is 1. The summed E-state index contributed by atoms with van der Waals surface area (Å²) >= 11 is 1.52. The number of nitrogens with zero attached hydrogens (tertiary/aromatic N) is 2. The van der Waals surface area contributed by atoms with Crippen molar-refractivity contribution in [2.75, 3.05) is 6.61 Å². The van der Waals surface area contributed by atoms with Crippen molar-refractivity contribution in [3.63, 3.8) is 0 Å². The molecule has 2 aromatic heterocycles. The number of imidazole rings is 1. The van der Waals surface area contributed by atoms with Crippen molar-refractivity contribution < 1.29 is 22.7 Å². The minimum absolute atomic E-state index is 0.276. The number of carbonyl (C=O) groups is 1. The predicted octanol–water partition coefficient (Wildman–Crippen LogP) is 6.40. The first-order valence-corrected chi connectivity index (χ1v) is 10.9. The number of alkyl halides is 3. The van der Waals surface area contributed by atoms with E-state index in [9.17, 15) is 18.0 Å². The molecule has 8 heteroatoms. The first-order chi connectivity index (χ1) is 15.2. The topological polar surface area (TPSA) is 44.1 Å². The number of fused-ring (bicyclic) bond motifs is 1. The van der Waals surface area contributed by atoms with Gasteiger partial charge in [0.15, 0.2) is 0 Å². The van der Waals surface area contributed by atoms with Crippen molar-refractivity contribution in [1.82, 2.24) is 9.55 Å². The predicted molar refractivity (Wildman–Crippen MR) is 119 cm³/mol. The minimum atomic E-state index is -4.37. The van der Waals surface area contributed by atoms with Crippen LogP contribution in [0.1, 0.15) is 39.1 Å². The van der Waals surface area contributed by atoms with Gasteiger partial charge in [0.1, 0.15) is 11.5 Å². The molecule has 0 amide bonds. The van der Waals surface area contributed by atoms with Gasteiger partial charge in [-0.15, -0.1) is 11.3 Å². The Morgan fingerprint density at radius 3 is 2.62 bits per heavy atom. The maximum atomic E-state index is 13.1. The highest BCUT2D eigenvalue weighted by molar-refractivity contribution is 7.19. The van der Waals surface area contributed by atoms with Crippen molar-refractivity contribution in [3.8, 4) is 11.4 Å². The largest absolute Gasteiger partial charge is 0.461 e. The molecule has 4 rings (SSSR count). The van der Waals surface area contributed by atoms with Crippen LogP contribution in [0.2, 0.25) is 0 Å². The number of aromatic nitrogens is 2. The Morgan fingerprint density at radius 2 is 1.91 bits per heavy atom. The summed E-state index contributed by atoms with van der Waals surface area (Å²) < 4.78 is 47.0. The molecule has 0 aliphatic rings. The van der Waals surface area contributed by atoms with E-state index in [1.54, 1.807) is 31.5 Å². The minimum Gasteiger partial charge on any atom is -0.461 e. The van der Waals surface area contributed by atoms with Crippen LogP contribution in [0.25, 0.3) is 21.5 Å². The van der Waals surface area contributed by atoms with Crippen LogP contribution in [0.3, 0.4) is 0 Å². The van der Waals surface area contributed by atoms with E-state index in [4.69, 9.17) is 4.74 Å². The molecule has 0 fully saturated rings. The van der Waals surface area contributed by atoms with Crippen molar-refractivity contribution >= 4 is 27.4 Å². The summed E-state index contributed by atoms with van der Waals surface area (Å²) in [7, 11) is 1.78. The smallest absolute Gasteiger partial charge is 0.416 e. The molecule has 0 aliphatic carbocycles. The van der Waals surface area contributed by atoms with E-state index in [2.05, 4.69) is 4.98 Å². The number of hydrogen-bond donors (Lipinski definition) is 0. The lowest BCUT2D eigenvalue weighted by atomic mass is 10.1. The molecule has 0 spiro atoms. The number of carbonyl (C=O) groups excluding carboxylic acids is 1. The van der Waals surface area contributed by atoms with Gasteiger partial charge in [-0.25, -0.2) is 9.78 Å².